The van der Waals surface area contributed by atoms with Crippen LogP contribution in [0.3, 0.4) is 0 Å². The molecule has 0 radical (unpaired) electrons. The molecule has 0 atom stereocenters. The van der Waals surface area contributed by atoms with Crippen molar-refractivity contribution in [2.45, 2.75) is 117 Å². The Kier molecular flexibility index (Phi) is 9.98. The van der Waals surface area contributed by atoms with Gasteiger partial charge in [0.25, 0.3) is 0 Å². The van der Waals surface area contributed by atoms with E-state index >= 15 is 0 Å². The second kappa shape index (κ2) is 12.9. The Morgan fingerprint density at radius 1 is 0.941 bits per heavy atom. The Labute approximate surface area is 206 Å². The first kappa shape index (κ1) is 26.2. The van der Waals surface area contributed by atoms with Crippen LogP contribution in [0.15, 0.2) is 30.6 Å². The van der Waals surface area contributed by atoms with Crippen molar-refractivity contribution in [3.8, 4) is 22.6 Å². The van der Waals surface area contributed by atoms with Gasteiger partial charge in [-0.15, -0.1) is 0 Å². The van der Waals surface area contributed by atoms with Gasteiger partial charge in [0.1, 0.15) is 17.1 Å². The molecule has 0 aliphatic carbocycles. The van der Waals surface area contributed by atoms with Crippen LogP contribution in [0.5, 0.6) is 11.5 Å². The van der Waals surface area contributed by atoms with Crippen molar-refractivity contribution in [3.05, 3.63) is 41.7 Å². The van der Waals surface area contributed by atoms with Crippen LogP contribution in [0, 0.1) is 0 Å². The lowest BCUT2D eigenvalue weighted by Gasteiger charge is -2.35. The molecule has 0 amide bonds. The van der Waals surface area contributed by atoms with E-state index in [1.54, 1.807) is 6.20 Å². The van der Waals surface area contributed by atoms with E-state index in [0.29, 0.717) is 5.75 Å². The van der Waals surface area contributed by atoms with Crippen molar-refractivity contribution in [2.24, 2.45) is 0 Å². The van der Waals surface area contributed by atoms with Crippen LogP contribution < -0.4 is 9.47 Å². The normalized spacial score (nSPS) is 13.6. The zero-order valence-electron chi connectivity index (χ0n) is 21.8. The van der Waals surface area contributed by atoms with Crippen molar-refractivity contribution in [1.82, 2.24) is 4.98 Å². The van der Waals surface area contributed by atoms with E-state index < -0.39 is 5.60 Å². The summed E-state index contributed by atoms with van der Waals surface area (Å²) in [5, 5.41) is 0. The number of pyridine rings is 1. The number of hydrogen-bond acceptors (Lipinski definition) is 4. The van der Waals surface area contributed by atoms with Gasteiger partial charge < -0.3 is 9.47 Å². The third-order valence-electron chi connectivity index (χ3n) is 6.80. The van der Waals surface area contributed by atoms with E-state index in [0.717, 1.165) is 40.8 Å². The summed E-state index contributed by atoms with van der Waals surface area (Å²) in [5.74, 6) is 1.03. The van der Waals surface area contributed by atoms with E-state index in [9.17, 15) is 4.79 Å². The Morgan fingerprint density at radius 2 is 1.56 bits per heavy atom. The molecule has 186 valence electrons. The fraction of sp³-hybridized carbons (Fsp3) is 0.600. The lowest BCUT2D eigenvalue weighted by atomic mass is 9.86. The number of benzene rings is 1. The minimum atomic E-state index is -0.465. The van der Waals surface area contributed by atoms with Gasteiger partial charge in [-0.05, 0) is 50.5 Å². The van der Waals surface area contributed by atoms with Crippen LogP contribution in [0.2, 0.25) is 0 Å². The molecular formula is C30H43NO3. The molecule has 1 aromatic carbocycles. The van der Waals surface area contributed by atoms with E-state index in [-0.39, 0.29) is 5.97 Å². The van der Waals surface area contributed by atoms with Gasteiger partial charge in [0.2, 0.25) is 0 Å². The highest BCUT2D eigenvalue weighted by atomic mass is 16.5. The zero-order valence-corrected chi connectivity index (χ0v) is 21.8. The summed E-state index contributed by atoms with van der Waals surface area (Å²) in [5.41, 5.74) is 3.55. The number of aromatic nitrogens is 1. The Balaban J connectivity index is 1.53. The number of carbonyl (C=O) groups is 1. The number of nitrogens with zero attached hydrogens (tertiary/aromatic N) is 1. The van der Waals surface area contributed by atoms with Gasteiger partial charge in [-0.3, -0.25) is 9.78 Å². The van der Waals surface area contributed by atoms with Crippen molar-refractivity contribution in [3.63, 3.8) is 0 Å². The summed E-state index contributed by atoms with van der Waals surface area (Å²) >= 11 is 0. The highest BCUT2D eigenvalue weighted by Gasteiger charge is 2.35. The molecule has 0 saturated heterocycles. The first-order chi connectivity index (χ1) is 16.4. The Hall–Kier alpha value is -2.36. The molecule has 0 bridgehead atoms. The molecule has 4 nitrogen and oxygen atoms in total. The minimum Gasteiger partial charge on any atom is -0.482 e. The monoisotopic (exact) mass is 465 g/mol. The predicted octanol–water partition coefficient (Wildman–Crippen LogP) is 8.55. The molecule has 34 heavy (non-hydrogen) atoms. The highest BCUT2D eigenvalue weighted by molar-refractivity contribution is 5.84. The van der Waals surface area contributed by atoms with Crippen molar-refractivity contribution < 1.29 is 14.3 Å². The number of aryl methyl sites for hydroxylation is 1. The van der Waals surface area contributed by atoms with Crippen LogP contribution in [-0.4, -0.2) is 11.0 Å². The van der Waals surface area contributed by atoms with Crippen LogP contribution in [0.4, 0.5) is 0 Å². The van der Waals surface area contributed by atoms with E-state index in [1.165, 1.54) is 77.6 Å². The summed E-state index contributed by atoms with van der Waals surface area (Å²) < 4.78 is 12.0. The number of esters is 1. The second-order valence-electron chi connectivity index (χ2n) is 10.2. The lowest BCUT2D eigenvalue weighted by Crippen LogP contribution is -2.29. The first-order valence-corrected chi connectivity index (χ1v) is 13.4. The molecule has 0 spiro atoms. The fourth-order valence-electron chi connectivity index (χ4n) is 4.99. The summed E-state index contributed by atoms with van der Waals surface area (Å²) in [6.45, 7) is 7.86. The van der Waals surface area contributed by atoms with E-state index in [1.807, 2.05) is 18.3 Å². The third kappa shape index (κ3) is 7.32. The number of carbonyl (C=O) groups excluding carboxylic acids is 1. The van der Waals surface area contributed by atoms with Gasteiger partial charge in [0.05, 0.1) is 5.56 Å². The molecule has 3 rings (SSSR count). The quantitative estimate of drug-likeness (QED) is 0.159. The van der Waals surface area contributed by atoms with Crippen LogP contribution >= 0.6 is 0 Å². The molecule has 2 heterocycles. The molecule has 0 N–H and O–H groups in total. The molecule has 2 aromatic rings. The second-order valence-corrected chi connectivity index (χ2v) is 10.2. The molecule has 0 unspecified atom stereocenters. The van der Waals surface area contributed by atoms with Gasteiger partial charge in [-0.2, -0.15) is 0 Å². The lowest BCUT2D eigenvalue weighted by molar-refractivity contribution is -0.131. The molecule has 4 heteroatoms. The Bertz CT molecular complexity index is 935. The molecular weight excluding hydrogens is 422 g/mol. The number of unbranched alkanes of at least 4 members (excludes halogenated alkanes) is 11. The third-order valence-corrected chi connectivity index (χ3v) is 6.80. The topological polar surface area (TPSA) is 48.4 Å². The van der Waals surface area contributed by atoms with Gasteiger partial charge in [-0.25, -0.2) is 0 Å². The maximum Gasteiger partial charge on any atom is 0.308 e. The van der Waals surface area contributed by atoms with Crippen molar-refractivity contribution in [2.75, 3.05) is 0 Å². The minimum absolute atomic E-state index is 0.319. The fourth-order valence-corrected chi connectivity index (χ4v) is 4.99. The molecule has 0 fully saturated rings. The summed E-state index contributed by atoms with van der Waals surface area (Å²) in [6.07, 6.45) is 20.7. The van der Waals surface area contributed by atoms with Crippen molar-refractivity contribution >= 4 is 5.97 Å². The Morgan fingerprint density at radius 3 is 2.18 bits per heavy atom. The van der Waals surface area contributed by atoms with Gasteiger partial charge in [0.15, 0.2) is 0 Å². The number of hydrogen-bond donors (Lipinski definition) is 0. The molecule has 1 aromatic heterocycles. The first-order valence-electron chi connectivity index (χ1n) is 13.4. The van der Waals surface area contributed by atoms with E-state index in [4.69, 9.17) is 9.47 Å². The highest BCUT2D eigenvalue weighted by Crippen LogP contribution is 2.49. The van der Waals surface area contributed by atoms with Crippen molar-refractivity contribution in [1.29, 1.82) is 0 Å². The van der Waals surface area contributed by atoms with Gasteiger partial charge >= 0.3 is 5.97 Å². The van der Waals surface area contributed by atoms with E-state index in [2.05, 4.69) is 31.8 Å². The van der Waals surface area contributed by atoms with Gasteiger partial charge in [0, 0.05) is 30.4 Å². The summed E-state index contributed by atoms with van der Waals surface area (Å²) in [6, 6.07) is 6.12. The van der Waals surface area contributed by atoms with Crippen LogP contribution in [0.1, 0.15) is 116 Å². The zero-order chi connectivity index (χ0) is 24.4. The largest absolute Gasteiger partial charge is 0.482 e. The molecule has 0 saturated carbocycles. The number of fused-ring (bicyclic) bond motifs is 3. The maximum absolute atomic E-state index is 11.8. The number of rotatable bonds is 14. The van der Waals surface area contributed by atoms with Gasteiger partial charge in [-0.1, -0.05) is 77.6 Å². The smallest absolute Gasteiger partial charge is 0.308 e. The molecule has 1 aliphatic heterocycles. The molecule has 1 aliphatic rings. The maximum atomic E-state index is 11.8. The number of ether oxygens (including phenoxy) is 2. The average Bonchev–Trinajstić information content (AvgIpc) is 2.79. The summed E-state index contributed by atoms with van der Waals surface area (Å²) in [7, 11) is 0. The standard InChI is InChI=1S/C30H43NO3/c1-5-6-7-8-9-10-11-12-13-14-15-16-17-24-20-27(33-23(2)32)29-25-22-31-19-18-26(25)30(3,4)34-28(29)21-24/h18-22H,5-17H2,1-4H3. The average molecular weight is 466 g/mol. The summed E-state index contributed by atoms with van der Waals surface area (Å²) in [4.78, 5) is 16.2. The van der Waals surface area contributed by atoms with Crippen LogP contribution in [-0.2, 0) is 16.8 Å². The SMILES string of the molecule is CCCCCCCCCCCCCCc1cc(OC(C)=O)c2c(c1)OC(C)(C)c1ccncc1-2. The van der Waals surface area contributed by atoms with Crippen LogP contribution in [0.25, 0.3) is 11.1 Å². The predicted molar refractivity (Wildman–Crippen MR) is 139 cm³/mol.